The monoisotopic (exact) mass is 333 g/mol. The Morgan fingerprint density at radius 3 is 2.87 bits per heavy atom. The molecule has 23 heavy (non-hydrogen) atoms. The van der Waals surface area contributed by atoms with Crippen LogP contribution in [0.4, 0.5) is 0 Å². The van der Waals surface area contributed by atoms with Crippen LogP contribution in [-0.2, 0) is 6.54 Å². The third-order valence-electron chi connectivity index (χ3n) is 4.19. The first-order valence-electron chi connectivity index (χ1n) is 8.28. The van der Waals surface area contributed by atoms with Crippen LogP contribution in [-0.4, -0.2) is 25.9 Å². The molecule has 3 rings (SSSR count). The van der Waals surface area contributed by atoms with Crippen molar-refractivity contribution in [3.05, 3.63) is 28.0 Å². The Balaban J connectivity index is 1.56. The molecular weight excluding hydrogens is 310 g/mol. The molecule has 0 aromatic carbocycles. The van der Waals surface area contributed by atoms with E-state index < -0.39 is 0 Å². The average Bonchev–Trinajstić information content (AvgIpc) is 3.23. The van der Waals surface area contributed by atoms with Gasteiger partial charge in [0.25, 0.3) is 5.91 Å². The number of nitrogens with zero attached hydrogens (tertiary/aromatic N) is 4. The number of hydrogen-bond donors (Lipinski definition) is 1. The van der Waals surface area contributed by atoms with Gasteiger partial charge in [0.1, 0.15) is 0 Å². The van der Waals surface area contributed by atoms with Crippen LogP contribution in [0.25, 0.3) is 0 Å². The van der Waals surface area contributed by atoms with Gasteiger partial charge in [0.15, 0.2) is 5.69 Å². The molecule has 1 aliphatic rings. The van der Waals surface area contributed by atoms with Gasteiger partial charge in [-0.2, -0.15) is 0 Å². The summed E-state index contributed by atoms with van der Waals surface area (Å²) < 4.78 is 1.85. The van der Waals surface area contributed by atoms with Crippen LogP contribution in [0, 0.1) is 0 Å². The Morgan fingerprint density at radius 2 is 2.17 bits per heavy atom. The van der Waals surface area contributed by atoms with Crippen molar-refractivity contribution in [2.24, 2.45) is 0 Å². The molecule has 6 nitrogen and oxygen atoms in total. The molecule has 1 saturated carbocycles. The van der Waals surface area contributed by atoms with Gasteiger partial charge in [0, 0.05) is 11.3 Å². The predicted molar refractivity (Wildman–Crippen MR) is 89.5 cm³/mol. The Bertz CT molecular complexity index is 657. The third kappa shape index (κ3) is 3.96. The highest BCUT2D eigenvalue weighted by molar-refractivity contribution is 7.09. The lowest BCUT2D eigenvalue weighted by atomic mass is 9.96. The zero-order valence-electron chi connectivity index (χ0n) is 13.7. The summed E-state index contributed by atoms with van der Waals surface area (Å²) in [5, 5.41) is 14.1. The molecule has 0 aliphatic heterocycles. The molecule has 2 aromatic rings. The Labute approximate surface area is 140 Å². The van der Waals surface area contributed by atoms with Crippen molar-refractivity contribution in [2.75, 3.05) is 0 Å². The van der Waals surface area contributed by atoms with E-state index in [9.17, 15) is 4.79 Å². The number of thiazole rings is 1. The van der Waals surface area contributed by atoms with Gasteiger partial charge in [0.2, 0.25) is 0 Å². The normalized spacial score (nSPS) is 16.0. The molecule has 1 aliphatic carbocycles. The molecule has 1 fully saturated rings. The molecule has 2 aromatic heterocycles. The predicted octanol–water partition coefficient (Wildman–Crippen LogP) is 3.29. The Kier molecular flexibility index (Phi) is 5.05. The summed E-state index contributed by atoms with van der Waals surface area (Å²) in [5.74, 6) is 0.228. The standard InChI is InChI=1S/C16H23N5OS/c1-11(2)16-18-12(10-23-16)8-17-15(22)14-9-21(20-19-14)13-6-4-3-5-7-13/h9-11,13H,3-8H2,1-2H3,(H,17,22). The number of aromatic nitrogens is 4. The van der Waals surface area contributed by atoms with Gasteiger partial charge >= 0.3 is 0 Å². The van der Waals surface area contributed by atoms with E-state index in [2.05, 4.69) is 34.5 Å². The summed E-state index contributed by atoms with van der Waals surface area (Å²) in [5.41, 5.74) is 1.28. The SMILES string of the molecule is CC(C)c1nc(CNC(=O)c2cn(C3CCCCC3)nn2)cs1. The van der Waals surface area contributed by atoms with E-state index in [0.717, 1.165) is 23.5 Å². The van der Waals surface area contributed by atoms with Crippen molar-refractivity contribution in [1.29, 1.82) is 0 Å². The molecule has 0 saturated heterocycles. The van der Waals surface area contributed by atoms with Crippen molar-refractivity contribution >= 4 is 17.2 Å². The van der Waals surface area contributed by atoms with Crippen LogP contribution in [0.3, 0.4) is 0 Å². The van der Waals surface area contributed by atoms with Gasteiger partial charge < -0.3 is 5.32 Å². The summed E-state index contributed by atoms with van der Waals surface area (Å²) in [6, 6.07) is 0.393. The van der Waals surface area contributed by atoms with Gasteiger partial charge in [0.05, 0.1) is 29.5 Å². The maximum Gasteiger partial charge on any atom is 0.273 e. The number of nitrogens with one attached hydrogen (secondary N) is 1. The number of carbonyl (C=O) groups is 1. The van der Waals surface area contributed by atoms with Crippen LogP contribution in [0.1, 0.15) is 79.1 Å². The lowest BCUT2D eigenvalue weighted by Gasteiger charge is -2.20. The molecule has 0 unspecified atom stereocenters. The molecule has 0 spiro atoms. The highest BCUT2D eigenvalue weighted by atomic mass is 32.1. The Morgan fingerprint density at radius 1 is 1.39 bits per heavy atom. The summed E-state index contributed by atoms with van der Waals surface area (Å²) in [6.45, 7) is 4.66. The number of hydrogen-bond acceptors (Lipinski definition) is 5. The maximum absolute atomic E-state index is 12.2. The van der Waals surface area contributed by atoms with E-state index in [4.69, 9.17) is 0 Å². The number of carbonyl (C=O) groups excluding carboxylic acids is 1. The molecular formula is C16H23N5OS. The van der Waals surface area contributed by atoms with E-state index in [1.807, 2.05) is 10.1 Å². The Hall–Kier alpha value is -1.76. The molecule has 1 N–H and O–H groups in total. The molecule has 1 amide bonds. The van der Waals surface area contributed by atoms with Gasteiger partial charge in [-0.25, -0.2) is 9.67 Å². The van der Waals surface area contributed by atoms with Crippen molar-refractivity contribution in [2.45, 2.75) is 64.5 Å². The van der Waals surface area contributed by atoms with Crippen molar-refractivity contribution in [3.8, 4) is 0 Å². The molecule has 124 valence electrons. The zero-order chi connectivity index (χ0) is 16.2. The first-order chi connectivity index (χ1) is 11.1. The lowest BCUT2D eigenvalue weighted by Crippen LogP contribution is -2.23. The summed E-state index contributed by atoms with van der Waals surface area (Å²) in [7, 11) is 0. The third-order valence-corrected chi connectivity index (χ3v) is 5.38. The largest absolute Gasteiger partial charge is 0.345 e. The van der Waals surface area contributed by atoms with E-state index in [0.29, 0.717) is 24.2 Å². The fraction of sp³-hybridized carbons (Fsp3) is 0.625. The molecule has 0 radical (unpaired) electrons. The van der Waals surface area contributed by atoms with Gasteiger partial charge in [-0.05, 0) is 12.8 Å². The zero-order valence-corrected chi connectivity index (χ0v) is 14.5. The van der Waals surface area contributed by atoms with Crippen LogP contribution in [0.2, 0.25) is 0 Å². The van der Waals surface area contributed by atoms with Crippen molar-refractivity contribution < 1.29 is 4.79 Å². The molecule has 0 bridgehead atoms. The fourth-order valence-electron chi connectivity index (χ4n) is 2.84. The van der Waals surface area contributed by atoms with E-state index in [1.54, 1.807) is 17.5 Å². The topological polar surface area (TPSA) is 72.7 Å². The fourth-order valence-corrected chi connectivity index (χ4v) is 3.67. The second-order valence-corrected chi connectivity index (χ2v) is 7.28. The van der Waals surface area contributed by atoms with Crippen molar-refractivity contribution in [1.82, 2.24) is 25.3 Å². The number of rotatable bonds is 5. The van der Waals surface area contributed by atoms with Crippen molar-refractivity contribution in [3.63, 3.8) is 0 Å². The van der Waals surface area contributed by atoms with Crippen LogP contribution < -0.4 is 5.32 Å². The van der Waals surface area contributed by atoms with Crippen LogP contribution in [0.5, 0.6) is 0 Å². The van der Waals surface area contributed by atoms with Gasteiger partial charge in [-0.1, -0.05) is 38.3 Å². The maximum atomic E-state index is 12.2. The molecule has 7 heteroatoms. The smallest absolute Gasteiger partial charge is 0.273 e. The minimum absolute atomic E-state index is 0.189. The highest BCUT2D eigenvalue weighted by Gasteiger charge is 2.19. The molecule has 2 heterocycles. The van der Waals surface area contributed by atoms with E-state index >= 15 is 0 Å². The van der Waals surface area contributed by atoms with E-state index in [-0.39, 0.29) is 5.91 Å². The minimum atomic E-state index is -0.189. The number of amides is 1. The summed E-state index contributed by atoms with van der Waals surface area (Å²) >= 11 is 1.63. The van der Waals surface area contributed by atoms with E-state index in [1.165, 1.54) is 19.3 Å². The minimum Gasteiger partial charge on any atom is -0.345 e. The molecule has 0 atom stereocenters. The summed E-state index contributed by atoms with van der Waals surface area (Å²) in [4.78, 5) is 16.7. The van der Waals surface area contributed by atoms with Gasteiger partial charge in [-0.15, -0.1) is 16.4 Å². The van der Waals surface area contributed by atoms with Crippen LogP contribution >= 0.6 is 11.3 Å². The second kappa shape index (κ2) is 7.21. The first kappa shape index (κ1) is 16.1. The first-order valence-corrected chi connectivity index (χ1v) is 9.16. The van der Waals surface area contributed by atoms with Crippen LogP contribution in [0.15, 0.2) is 11.6 Å². The second-order valence-electron chi connectivity index (χ2n) is 6.39. The quantitative estimate of drug-likeness (QED) is 0.911. The lowest BCUT2D eigenvalue weighted by molar-refractivity contribution is 0.0945. The highest BCUT2D eigenvalue weighted by Crippen LogP contribution is 2.27. The average molecular weight is 333 g/mol. The summed E-state index contributed by atoms with van der Waals surface area (Å²) in [6.07, 6.45) is 7.78. The van der Waals surface area contributed by atoms with Gasteiger partial charge in [-0.3, -0.25) is 4.79 Å².